The molecule has 26 heavy (non-hydrogen) atoms. The van der Waals surface area contributed by atoms with E-state index in [9.17, 15) is 57.1 Å². The summed E-state index contributed by atoms with van der Waals surface area (Å²) in [7, 11) is 0. The zero-order valence-corrected chi connectivity index (χ0v) is 12.4. The summed E-state index contributed by atoms with van der Waals surface area (Å²) in [4.78, 5) is 0. The predicted molar refractivity (Wildman–Crippen MR) is 59.0 cm³/mol. The van der Waals surface area contributed by atoms with Gasteiger partial charge in [-0.15, -0.1) is 0 Å². The van der Waals surface area contributed by atoms with Gasteiger partial charge in [0.15, 0.2) is 0 Å². The summed E-state index contributed by atoms with van der Waals surface area (Å²) < 4.78 is 172. The minimum Gasteiger partial charge on any atom is -0.378 e. The molecule has 0 radical (unpaired) electrons. The molecule has 1 nitrogen and oxygen atoms in total. The van der Waals surface area contributed by atoms with E-state index in [0.717, 1.165) is 0 Å². The van der Waals surface area contributed by atoms with E-state index >= 15 is 0 Å². The normalized spacial score (nSPS) is 21.3. The molecule has 1 atom stereocenters. The standard InChI is InChI=1S/C12H11F13O/c13-7(14,4-3-6-2-1-5-26-6)8(15,16)9(17,18)10(19,20)11(21,22)12(23,24)25/h6H,1-5H2. The first kappa shape index (κ1) is 23.1. The summed E-state index contributed by atoms with van der Waals surface area (Å²) in [5.74, 6) is -36.4. The van der Waals surface area contributed by atoms with Gasteiger partial charge in [0.25, 0.3) is 0 Å². The summed E-state index contributed by atoms with van der Waals surface area (Å²) in [6, 6.07) is 0. The van der Waals surface area contributed by atoms with Crippen LogP contribution in [0.1, 0.15) is 25.7 Å². The molecule has 1 heterocycles. The Morgan fingerprint density at radius 1 is 0.654 bits per heavy atom. The van der Waals surface area contributed by atoms with Crippen LogP contribution in [0.2, 0.25) is 0 Å². The van der Waals surface area contributed by atoms with E-state index in [2.05, 4.69) is 0 Å². The highest BCUT2D eigenvalue weighted by molar-refractivity contribution is 5.10. The van der Waals surface area contributed by atoms with Gasteiger partial charge < -0.3 is 4.74 Å². The summed E-state index contributed by atoms with van der Waals surface area (Å²) in [5, 5.41) is 0. The van der Waals surface area contributed by atoms with Crippen molar-refractivity contribution < 1.29 is 61.8 Å². The van der Waals surface area contributed by atoms with Gasteiger partial charge in [0.05, 0.1) is 6.10 Å². The summed E-state index contributed by atoms with van der Waals surface area (Å²) >= 11 is 0. The highest BCUT2D eigenvalue weighted by Crippen LogP contribution is 2.60. The molecule has 1 aliphatic heterocycles. The van der Waals surface area contributed by atoms with Crippen molar-refractivity contribution >= 4 is 0 Å². The quantitative estimate of drug-likeness (QED) is 0.483. The molecule has 14 heteroatoms. The number of alkyl halides is 13. The molecule has 1 saturated heterocycles. The number of halogens is 13. The van der Waals surface area contributed by atoms with E-state index in [1.54, 1.807) is 0 Å². The molecule has 0 spiro atoms. The molecular weight excluding hydrogens is 407 g/mol. The lowest BCUT2D eigenvalue weighted by Gasteiger charge is -2.39. The van der Waals surface area contributed by atoms with Crippen molar-refractivity contribution in [2.45, 2.75) is 67.6 Å². The summed E-state index contributed by atoms with van der Waals surface area (Å²) in [6.45, 7) is 0.0403. The Bertz CT molecular complexity index is 490. The minimum atomic E-state index is -7.84. The molecule has 0 N–H and O–H groups in total. The van der Waals surface area contributed by atoms with Crippen molar-refractivity contribution in [3.8, 4) is 0 Å². The van der Waals surface area contributed by atoms with Crippen molar-refractivity contribution in [3.63, 3.8) is 0 Å². The first-order valence-electron chi connectivity index (χ1n) is 6.90. The molecule has 1 fully saturated rings. The topological polar surface area (TPSA) is 9.23 Å². The van der Waals surface area contributed by atoms with Crippen LogP contribution in [0.3, 0.4) is 0 Å². The third kappa shape index (κ3) is 3.44. The van der Waals surface area contributed by atoms with Gasteiger partial charge >= 0.3 is 35.8 Å². The maximum Gasteiger partial charge on any atom is 0.460 e. The molecule has 0 bridgehead atoms. The van der Waals surface area contributed by atoms with E-state index < -0.39 is 54.7 Å². The lowest BCUT2D eigenvalue weighted by molar-refractivity contribution is -0.440. The molecule has 0 aliphatic carbocycles. The average molecular weight is 418 g/mol. The van der Waals surface area contributed by atoms with Gasteiger partial charge in [0.2, 0.25) is 0 Å². The van der Waals surface area contributed by atoms with Gasteiger partial charge in [-0.2, -0.15) is 57.1 Å². The largest absolute Gasteiger partial charge is 0.460 e. The Morgan fingerprint density at radius 3 is 1.50 bits per heavy atom. The Balaban J connectivity index is 3.16. The van der Waals surface area contributed by atoms with E-state index in [0.29, 0.717) is 6.42 Å². The van der Waals surface area contributed by atoms with Crippen LogP contribution >= 0.6 is 0 Å². The molecule has 0 amide bonds. The molecule has 0 aromatic carbocycles. The Morgan fingerprint density at radius 2 is 1.12 bits per heavy atom. The second kappa shape index (κ2) is 6.59. The molecule has 0 saturated carbocycles. The van der Waals surface area contributed by atoms with Crippen LogP contribution in [-0.2, 0) is 4.74 Å². The lowest BCUT2D eigenvalue weighted by Crippen LogP contribution is -2.70. The minimum absolute atomic E-state index is 0.0403. The van der Waals surface area contributed by atoms with Crippen LogP contribution in [0, 0.1) is 0 Å². The molecule has 156 valence electrons. The third-order valence-corrected chi connectivity index (χ3v) is 3.80. The van der Waals surface area contributed by atoms with Crippen molar-refractivity contribution in [2.24, 2.45) is 0 Å². The fourth-order valence-electron chi connectivity index (χ4n) is 2.17. The van der Waals surface area contributed by atoms with Gasteiger partial charge in [0, 0.05) is 13.0 Å². The van der Waals surface area contributed by atoms with Crippen LogP contribution in [0.4, 0.5) is 57.1 Å². The zero-order valence-electron chi connectivity index (χ0n) is 12.4. The Kier molecular flexibility index (Phi) is 5.85. The SMILES string of the molecule is FC(F)(F)C(F)(F)C(F)(F)C(F)(F)C(F)(F)C(F)(F)CCC1CCCO1. The number of hydrogen-bond donors (Lipinski definition) is 0. The van der Waals surface area contributed by atoms with Crippen LogP contribution < -0.4 is 0 Å². The maximum atomic E-state index is 13.4. The van der Waals surface area contributed by atoms with E-state index in [1.165, 1.54) is 0 Å². The Hall–Kier alpha value is -0.950. The highest BCUT2D eigenvalue weighted by Gasteiger charge is 2.90. The van der Waals surface area contributed by atoms with Gasteiger partial charge in [-0.25, -0.2) is 0 Å². The average Bonchev–Trinajstić information content (AvgIpc) is 2.96. The van der Waals surface area contributed by atoms with Crippen molar-refractivity contribution in [3.05, 3.63) is 0 Å². The van der Waals surface area contributed by atoms with Crippen LogP contribution in [0.15, 0.2) is 0 Å². The second-order valence-electron chi connectivity index (χ2n) is 5.67. The second-order valence-corrected chi connectivity index (χ2v) is 5.67. The van der Waals surface area contributed by atoms with Gasteiger partial charge in [-0.1, -0.05) is 0 Å². The van der Waals surface area contributed by atoms with Crippen molar-refractivity contribution in [1.29, 1.82) is 0 Å². The molecule has 1 rings (SSSR count). The summed E-state index contributed by atoms with van der Waals surface area (Å²) in [6.07, 6.45) is -11.3. The molecule has 1 aliphatic rings. The fraction of sp³-hybridized carbons (Fsp3) is 1.00. The van der Waals surface area contributed by atoms with Gasteiger partial charge in [-0.05, 0) is 19.3 Å². The third-order valence-electron chi connectivity index (χ3n) is 3.80. The van der Waals surface area contributed by atoms with Crippen molar-refractivity contribution in [2.75, 3.05) is 6.61 Å². The number of rotatable bonds is 7. The summed E-state index contributed by atoms with van der Waals surface area (Å²) in [5.41, 5.74) is 0. The smallest absolute Gasteiger partial charge is 0.378 e. The van der Waals surface area contributed by atoms with E-state index in [1.807, 2.05) is 0 Å². The molecule has 1 unspecified atom stereocenters. The maximum absolute atomic E-state index is 13.4. The van der Waals surface area contributed by atoms with Gasteiger partial charge in [-0.3, -0.25) is 0 Å². The zero-order chi connectivity index (χ0) is 20.8. The first-order valence-corrected chi connectivity index (χ1v) is 6.90. The van der Waals surface area contributed by atoms with E-state index in [-0.39, 0.29) is 13.0 Å². The molecular formula is C12H11F13O. The Labute approximate surface area is 137 Å². The molecule has 0 aromatic rings. The van der Waals surface area contributed by atoms with Crippen LogP contribution in [0.25, 0.3) is 0 Å². The van der Waals surface area contributed by atoms with Crippen LogP contribution in [-0.4, -0.2) is 48.5 Å². The number of hydrogen-bond acceptors (Lipinski definition) is 1. The van der Waals surface area contributed by atoms with E-state index in [4.69, 9.17) is 4.74 Å². The van der Waals surface area contributed by atoms with Gasteiger partial charge in [0.1, 0.15) is 0 Å². The van der Waals surface area contributed by atoms with Crippen molar-refractivity contribution in [1.82, 2.24) is 0 Å². The predicted octanol–water partition coefficient (Wildman–Crippen LogP) is 5.68. The number of ether oxygens (including phenoxy) is 1. The highest BCUT2D eigenvalue weighted by atomic mass is 19.4. The molecule has 0 aromatic heterocycles. The fourth-order valence-corrected chi connectivity index (χ4v) is 2.17. The monoisotopic (exact) mass is 418 g/mol. The van der Waals surface area contributed by atoms with Crippen LogP contribution in [0.5, 0.6) is 0 Å². The first-order chi connectivity index (χ1) is 11.3. The lowest BCUT2D eigenvalue weighted by atomic mass is 9.91.